The number of esters is 1. The molecule has 294 valence electrons. The molecule has 0 spiro atoms. The molecule has 53 heavy (non-hydrogen) atoms. The van der Waals surface area contributed by atoms with Gasteiger partial charge in [0, 0.05) is 25.4 Å². The van der Waals surface area contributed by atoms with Crippen LogP contribution in [-0.4, -0.2) is 112 Å². The van der Waals surface area contributed by atoms with E-state index in [4.69, 9.17) is 47.6 Å². The van der Waals surface area contributed by atoms with E-state index in [0.29, 0.717) is 11.7 Å². The molecule has 1 saturated carbocycles. The Labute approximate surface area is 309 Å². The highest BCUT2D eigenvalue weighted by atomic mass is 31.2. The predicted octanol–water partition coefficient (Wildman–Crippen LogP) is 5.35. The normalized spacial score (nSPS) is 25.3. The van der Waals surface area contributed by atoms with Crippen LogP contribution in [-0.2, 0) is 51.8 Å². The van der Waals surface area contributed by atoms with Crippen molar-refractivity contribution in [3.63, 3.8) is 0 Å². The Bertz CT molecular complexity index is 1720. The van der Waals surface area contributed by atoms with E-state index in [1.807, 2.05) is 0 Å². The van der Waals surface area contributed by atoms with Crippen molar-refractivity contribution in [3.05, 3.63) is 18.1 Å². The number of carbonyl (C=O) groups is 3. The number of nitrogens with zero attached hydrogens (tertiary/aromatic N) is 5. The SMILES string of the molecule is CCOC(=O)/C=C/c1nc(N(C(=O)OC(C)(C)C)C2CCCC2)c2cnn([C@@H]3O[C@H](COC(C=O)(OCC)P(C)(=O)OCC)[C@H]4OC(C)(C)O[C@H]43)c2n1. The number of amides is 1. The first-order valence-electron chi connectivity index (χ1n) is 18.1. The van der Waals surface area contributed by atoms with E-state index < -0.39 is 60.9 Å². The Morgan fingerprint density at radius 2 is 1.75 bits per heavy atom. The quantitative estimate of drug-likeness (QED) is 0.0741. The van der Waals surface area contributed by atoms with Gasteiger partial charge in [-0.25, -0.2) is 24.2 Å². The molecule has 2 aromatic heterocycles. The van der Waals surface area contributed by atoms with Crippen LogP contribution in [0.1, 0.15) is 93.1 Å². The van der Waals surface area contributed by atoms with Gasteiger partial charge in [0.2, 0.25) is 0 Å². The Balaban J connectivity index is 1.59. The van der Waals surface area contributed by atoms with Crippen LogP contribution < -0.4 is 4.90 Å². The molecule has 2 aromatic rings. The van der Waals surface area contributed by atoms with E-state index in [-0.39, 0.29) is 49.8 Å². The fraction of sp³-hybridized carbons (Fsp3) is 0.714. The fourth-order valence-electron chi connectivity index (χ4n) is 6.76. The number of rotatable bonds is 15. The molecule has 4 heterocycles. The van der Waals surface area contributed by atoms with Crippen molar-refractivity contribution >= 4 is 48.6 Å². The number of aldehydes is 1. The number of carbonyl (C=O) groups excluding carboxylic acids is 3. The van der Waals surface area contributed by atoms with Gasteiger partial charge in [-0.1, -0.05) is 12.8 Å². The van der Waals surface area contributed by atoms with Crippen LogP contribution in [0.4, 0.5) is 10.6 Å². The number of aromatic nitrogens is 4. The lowest BCUT2D eigenvalue weighted by atomic mass is 10.1. The summed E-state index contributed by atoms with van der Waals surface area (Å²) in [6.45, 7) is 15.2. The number of ether oxygens (including phenoxy) is 7. The van der Waals surface area contributed by atoms with Gasteiger partial charge in [-0.2, -0.15) is 5.10 Å². The molecule has 18 heteroatoms. The summed E-state index contributed by atoms with van der Waals surface area (Å²) in [6.07, 6.45) is 3.94. The maximum atomic E-state index is 13.9. The van der Waals surface area contributed by atoms with Gasteiger partial charge >= 0.3 is 17.6 Å². The first-order chi connectivity index (χ1) is 25.0. The molecule has 1 aliphatic carbocycles. The number of hydrogen-bond donors (Lipinski definition) is 0. The van der Waals surface area contributed by atoms with Crippen molar-refractivity contribution in [2.75, 3.05) is 38.0 Å². The zero-order valence-electron chi connectivity index (χ0n) is 31.9. The van der Waals surface area contributed by atoms with Gasteiger partial charge in [0.25, 0.3) is 7.37 Å². The molecule has 2 unspecified atom stereocenters. The van der Waals surface area contributed by atoms with E-state index in [1.165, 1.54) is 23.5 Å². The van der Waals surface area contributed by atoms with Crippen molar-refractivity contribution in [1.29, 1.82) is 0 Å². The zero-order chi connectivity index (χ0) is 38.8. The molecule has 0 aromatic carbocycles. The maximum Gasteiger partial charge on any atom is 0.416 e. The third kappa shape index (κ3) is 8.82. The summed E-state index contributed by atoms with van der Waals surface area (Å²) in [5, 5.41) is 5.11. The third-order valence-electron chi connectivity index (χ3n) is 8.88. The van der Waals surface area contributed by atoms with Crippen molar-refractivity contribution in [3.8, 4) is 0 Å². The van der Waals surface area contributed by atoms with Crippen LogP contribution in [0.2, 0.25) is 0 Å². The standard InChI is InChI=1S/C35H52N5O12P/c1-10-45-26(42)18-17-25-37-29(39(22-15-13-14-16-22)32(43)52-33(4,5)6)23-19-36-40(30(23)38-25)31-28-27(50-34(7,8)51-28)24(49-31)20-47-35(21-41,46-11-2)53(9,44)48-12-3/h17-19,21-22,24,27-28,31H,10-16,20H2,1-9H3/b18-17+/t24-,27-,28-,31-,35?,53?/m1/s1. The topological polar surface area (TPSA) is 189 Å². The van der Waals surface area contributed by atoms with E-state index in [2.05, 4.69) is 5.10 Å². The van der Waals surface area contributed by atoms with E-state index in [9.17, 15) is 18.9 Å². The molecule has 0 radical (unpaired) electrons. The molecular formula is C35H52N5O12P. The van der Waals surface area contributed by atoms with E-state index in [1.54, 1.807) is 66.5 Å². The highest BCUT2D eigenvalue weighted by Gasteiger charge is 2.58. The van der Waals surface area contributed by atoms with Gasteiger partial charge in [-0.05, 0) is 74.3 Å². The largest absolute Gasteiger partial charge is 0.463 e. The van der Waals surface area contributed by atoms with Crippen LogP contribution in [0, 0.1) is 0 Å². The Hall–Kier alpha value is -3.31. The molecular weight excluding hydrogens is 713 g/mol. The highest BCUT2D eigenvalue weighted by molar-refractivity contribution is 7.60. The molecule has 3 fully saturated rings. The third-order valence-corrected chi connectivity index (χ3v) is 11.1. The minimum Gasteiger partial charge on any atom is -0.463 e. The second kappa shape index (κ2) is 16.2. The smallest absolute Gasteiger partial charge is 0.416 e. The summed E-state index contributed by atoms with van der Waals surface area (Å²) in [7, 11) is -3.78. The Morgan fingerprint density at radius 3 is 2.38 bits per heavy atom. The average molecular weight is 766 g/mol. The molecule has 2 aliphatic heterocycles. The summed E-state index contributed by atoms with van der Waals surface area (Å²) in [6, 6.07) is -0.205. The van der Waals surface area contributed by atoms with Crippen molar-refractivity contribution in [2.45, 2.75) is 129 Å². The zero-order valence-corrected chi connectivity index (χ0v) is 32.8. The molecule has 17 nitrogen and oxygen atoms in total. The summed E-state index contributed by atoms with van der Waals surface area (Å²) in [5.74, 6) is -1.27. The van der Waals surface area contributed by atoms with Gasteiger partial charge in [-0.3, -0.25) is 14.3 Å². The lowest BCUT2D eigenvalue weighted by molar-refractivity contribution is -0.221. The second-order valence-electron chi connectivity index (χ2n) is 14.5. The Kier molecular flexibility index (Phi) is 12.5. The second-order valence-corrected chi connectivity index (χ2v) is 17.1. The van der Waals surface area contributed by atoms with Gasteiger partial charge in [0.05, 0.1) is 31.4 Å². The predicted molar refractivity (Wildman–Crippen MR) is 191 cm³/mol. The summed E-state index contributed by atoms with van der Waals surface area (Å²) < 4.78 is 62.2. The van der Waals surface area contributed by atoms with Crippen LogP contribution in [0.5, 0.6) is 0 Å². The van der Waals surface area contributed by atoms with Crippen molar-refractivity contribution in [1.82, 2.24) is 19.7 Å². The molecule has 0 bridgehead atoms. The summed E-state index contributed by atoms with van der Waals surface area (Å²) in [4.78, 5) is 49.7. The minimum absolute atomic E-state index is 0.0198. The summed E-state index contributed by atoms with van der Waals surface area (Å²) >= 11 is 0. The van der Waals surface area contributed by atoms with Crippen molar-refractivity contribution in [2.24, 2.45) is 0 Å². The fourth-order valence-corrected chi connectivity index (χ4v) is 8.30. The van der Waals surface area contributed by atoms with Gasteiger partial charge in [-0.15, -0.1) is 0 Å². The van der Waals surface area contributed by atoms with Gasteiger partial charge in [0.15, 0.2) is 35.6 Å². The van der Waals surface area contributed by atoms with Gasteiger partial charge in [0.1, 0.15) is 23.9 Å². The van der Waals surface area contributed by atoms with Crippen LogP contribution in [0.25, 0.3) is 17.1 Å². The monoisotopic (exact) mass is 765 g/mol. The summed E-state index contributed by atoms with van der Waals surface area (Å²) in [5.41, 5.74) is -2.70. The lowest BCUT2D eigenvalue weighted by Gasteiger charge is -2.34. The minimum atomic E-state index is -3.78. The van der Waals surface area contributed by atoms with Crippen LogP contribution in [0.3, 0.4) is 0 Å². The average Bonchev–Trinajstić information content (AvgIpc) is 3.86. The number of anilines is 1. The molecule has 5 rings (SSSR count). The molecule has 0 N–H and O–H groups in total. The lowest BCUT2D eigenvalue weighted by Crippen LogP contribution is -2.43. The molecule has 6 atom stereocenters. The first kappa shape index (κ1) is 40.9. The van der Waals surface area contributed by atoms with E-state index >= 15 is 0 Å². The number of hydrogen-bond acceptors (Lipinski definition) is 15. The highest BCUT2D eigenvalue weighted by Crippen LogP contribution is 2.56. The van der Waals surface area contributed by atoms with Crippen LogP contribution >= 0.6 is 7.37 Å². The van der Waals surface area contributed by atoms with E-state index in [0.717, 1.165) is 25.7 Å². The molecule has 1 amide bonds. The Morgan fingerprint density at radius 1 is 1.06 bits per heavy atom. The maximum absolute atomic E-state index is 13.9. The number of fused-ring (bicyclic) bond motifs is 2. The van der Waals surface area contributed by atoms with Crippen molar-refractivity contribution < 1.29 is 56.6 Å². The van der Waals surface area contributed by atoms with Crippen LogP contribution in [0.15, 0.2) is 12.3 Å². The molecule has 3 aliphatic rings. The molecule has 2 saturated heterocycles. The first-order valence-corrected chi connectivity index (χ1v) is 20.2. The van der Waals surface area contributed by atoms with Gasteiger partial charge < -0.3 is 37.7 Å².